The molecule has 0 aromatic heterocycles. The summed E-state index contributed by atoms with van der Waals surface area (Å²) in [4.78, 5) is 9.97. The molecule has 3 fully saturated rings. The monoisotopic (exact) mass is 501 g/mol. The summed E-state index contributed by atoms with van der Waals surface area (Å²) in [5, 5.41) is 3.34. The molecule has 6 heteroatoms. The maximum Gasteiger partial charge on any atom is 0.0113 e. The first-order chi connectivity index (χ1) is 15.5. The van der Waals surface area contributed by atoms with Gasteiger partial charge in [-0.05, 0) is 140 Å². The fraction of sp³-hybridized carbons (Fsp3) is 1.00. The van der Waals surface area contributed by atoms with Gasteiger partial charge in [0.1, 0.15) is 0 Å². The van der Waals surface area contributed by atoms with Crippen molar-refractivity contribution in [3.05, 3.63) is 0 Å². The lowest BCUT2D eigenvalue weighted by atomic mass is 10.0. The molecule has 3 saturated heterocycles. The molecular formula is C29H68N6. The van der Waals surface area contributed by atoms with Crippen molar-refractivity contribution in [3.8, 4) is 0 Å². The first-order valence-electron chi connectivity index (χ1n) is 13.9. The number of hydrogen-bond donors (Lipinski definition) is 2. The second-order valence-corrected chi connectivity index (χ2v) is 11.5. The third-order valence-electron chi connectivity index (χ3n) is 7.93. The van der Waals surface area contributed by atoms with Crippen LogP contribution in [0.25, 0.3) is 0 Å². The van der Waals surface area contributed by atoms with Crippen molar-refractivity contribution in [2.45, 2.75) is 131 Å². The van der Waals surface area contributed by atoms with E-state index in [1.165, 1.54) is 77.8 Å². The summed E-state index contributed by atoms with van der Waals surface area (Å²) in [6.07, 6.45) is 7.66. The molecule has 0 unspecified atom stereocenters. The summed E-state index contributed by atoms with van der Waals surface area (Å²) in [6.45, 7) is 21.1. The van der Waals surface area contributed by atoms with Crippen molar-refractivity contribution >= 4 is 0 Å². The van der Waals surface area contributed by atoms with Gasteiger partial charge in [-0.25, -0.2) is 0 Å². The summed E-state index contributed by atoms with van der Waals surface area (Å²) in [6, 6.07) is 4.22. The molecule has 6 nitrogen and oxygen atoms in total. The van der Waals surface area contributed by atoms with Crippen molar-refractivity contribution < 1.29 is 0 Å². The van der Waals surface area contributed by atoms with E-state index in [4.69, 9.17) is 5.73 Å². The predicted molar refractivity (Wildman–Crippen MR) is 160 cm³/mol. The zero-order valence-corrected chi connectivity index (χ0v) is 23.8. The summed E-state index contributed by atoms with van der Waals surface area (Å²) in [5.74, 6) is 0. The van der Waals surface area contributed by atoms with Crippen LogP contribution in [0.2, 0.25) is 0 Å². The Balaban J connectivity index is 0. The zero-order valence-electron chi connectivity index (χ0n) is 23.8. The highest BCUT2D eigenvalue weighted by atomic mass is 15.2. The maximum atomic E-state index is 5.77. The smallest absolute Gasteiger partial charge is 0.0113 e. The van der Waals surface area contributed by atoms with E-state index in [1.54, 1.807) is 0 Å². The van der Waals surface area contributed by atoms with Crippen molar-refractivity contribution in [2.75, 3.05) is 60.4 Å². The molecule has 0 aromatic rings. The Kier molecular flexibility index (Phi) is 20.9. The van der Waals surface area contributed by atoms with E-state index < -0.39 is 0 Å². The largest absolute Gasteiger partial charge is 0.328 e. The Labute approximate surface area is 222 Å². The van der Waals surface area contributed by atoms with Crippen LogP contribution in [0.15, 0.2) is 0 Å². The maximum absolute atomic E-state index is 5.77. The molecular weight excluding hydrogens is 432 g/mol. The minimum atomic E-state index is 0. The van der Waals surface area contributed by atoms with Gasteiger partial charge in [-0.3, -0.25) is 0 Å². The number of nitrogens with zero attached hydrogens (tertiary/aromatic N) is 4. The first-order valence-corrected chi connectivity index (χ1v) is 13.9. The molecule has 0 amide bonds. The molecule has 35 heavy (non-hydrogen) atoms. The van der Waals surface area contributed by atoms with E-state index in [1.807, 2.05) is 0 Å². The molecule has 0 saturated carbocycles. The molecule has 3 heterocycles. The number of hydrogen-bond acceptors (Lipinski definition) is 6. The van der Waals surface area contributed by atoms with Crippen molar-refractivity contribution in [1.82, 2.24) is 24.9 Å². The fourth-order valence-electron chi connectivity index (χ4n) is 5.06. The van der Waals surface area contributed by atoms with Crippen molar-refractivity contribution in [1.29, 1.82) is 0 Å². The van der Waals surface area contributed by atoms with Crippen LogP contribution in [0.4, 0.5) is 0 Å². The van der Waals surface area contributed by atoms with E-state index in [0.29, 0.717) is 12.1 Å². The Morgan fingerprint density at radius 1 is 0.629 bits per heavy atom. The molecule has 3 rings (SSSR count). The summed E-state index contributed by atoms with van der Waals surface area (Å²) < 4.78 is 0. The van der Waals surface area contributed by atoms with Crippen LogP contribution in [0.1, 0.15) is 94.9 Å². The molecule has 0 radical (unpaired) electrons. The first kappa shape index (κ1) is 36.9. The van der Waals surface area contributed by atoms with E-state index in [2.05, 4.69) is 87.6 Å². The lowest BCUT2D eigenvalue weighted by Gasteiger charge is -2.37. The molecule has 0 spiro atoms. The third-order valence-corrected chi connectivity index (χ3v) is 7.93. The predicted octanol–water partition coefficient (Wildman–Crippen LogP) is 4.59. The molecule has 3 aliphatic rings. The number of nitrogens with one attached hydrogen (secondary N) is 1. The lowest BCUT2D eigenvalue weighted by Crippen LogP contribution is -2.44. The molecule has 214 valence electrons. The highest BCUT2D eigenvalue weighted by Crippen LogP contribution is 2.16. The van der Waals surface area contributed by atoms with E-state index in [-0.39, 0.29) is 14.9 Å². The quantitative estimate of drug-likeness (QED) is 0.576. The second-order valence-electron chi connectivity index (χ2n) is 11.5. The van der Waals surface area contributed by atoms with Crippen LogP contribution < -0.4 is 11.1 Å². The molecule has 0 aliphatic carbocycles. The normalized spacial score (nSPS) is 21.8. The minimum Gasteiger partial charge on any atom is -0.328 e. The zero-order chi connectivity index (χ0) is 25.0. The average molecular weight is 501 g/mol. The average Bonchev–Trinajstić information content (AvgIpc) is 2.80. The number of rotatable bonds is 5. The van der Waals surface area contributed by atoms with Gasteiger partial charge in [0.05, 0.1) is 0 Å². The number of likely N-dealkylation sites (tertiary alicyclic amines) is 3. The van der Waals surface area contributed by atoms with Gasteiger partial charge >= 0.3 is 0 Å². The van der Waals surface area contributed by atoms with E-state index >= 15 is 0 Å². The topological polar surface area (TPSA) is 51.0 Å². The Morgan fingerprint density at radius 3 is 1.23 bits per heavy atom. The molecule has 0 atom stereocenters. The molecule has 0 aromatic carbocycles. The number of nitrogens with two attached hydrogens (primary N) is 1. The van der Waals surface area contributed by atoms with Gasteiger partial charge in [-0.2, -0.15) is 0 Å². The van der Waals surface area contributed by atoms with Gasteiger partial charge in [0.2, 0.25) is 0 Å². The molecule has 3 N–H and O–H groups in total. The molecule has 3 aliphatic heterocycles. The van der Waals surface area contributed by atoms with Crippen LogP contribution in [0.5, 0.6) is 0 Å². The summed E-state index contributed by atoms with van der Waals surface area (Å²) in [7, 11) is 6.45. The van der Waals surface area contributed by atoms with Gasteiger partial charge in [-0.15, -0.1) is 0 Å². The number of piperidine rings is 3. The Morgan fingerprint density at radius 2 is 0.943 bits per heavy atom. The van der Waals surface area contributed by atoms with Gasteiger partial charge in [0.25, 0.3) is 0 Å². The SMILES string of the molecule is C.C.CC(C)N1CCC(N(C)C)CC1.CC(C)N1CCC(N)CC1.CNC1CCN(C(C)C)CC1. The third kappa shape index (κ3) is 14.9. The fourth-order valence-corrected chi connectivity index (χ4v) is 5.06. The van der Waals surface area contributed by atoms with Gasteiger partial charge in [0, 0.05) is 36.3 Å². The summed E-state index contributed by atoms with van der Waals surface area (Å²) in [5.41, 5.74) is 5.77. The van der Waals surface area contributed by atoms with Crippen LogP contribution in [-0.2, 0) is 0 Å². The van der Waals surface area contributed by atoms with E-state index in [0.717, 1.165) is 24.2 Å². The van der Waals surface area contributed by atoms with Crippen molar-refractivity contribution in [2.24, 2.45) is 5.73 Å². The minimum absolute atomic E-state index is 0. The van der Waals surface area contributed by atoms with Gasteiger partial charge in [-0.1, -0.05) is 14.9 Å². The van der Waals surface area contributed by atoms with Crippen LogP contribution in [0, 0.1) is 0 Å². The van der Waals surface area contributed by atoms with E-state index in [9.17, 15) is 0 Å². The van der Waals surface area contributed by atoms with Crippen molar-refractivity contribution in [3.63, 3.8) is 0 Å². The van der Waals surface area contributed by atoms with Crippen LogP contribution >= 0.6 is 0 Å². The highest BCUT2D eigenvalue weighted by Gasteiger charge is 2.22. The van der Waals surface area contributed by atoms with Crippen LogP contribution in [-0.4, -0.2) is 116 Å². The lowest BCUT2D eigenvalue weighted by molar-refractivity contribution is 0.121. The second kappa shape index (κ2) is 19.8. The molecule has 0 bridgehead atoms. The highest BCUT2D eigenvalue weighted by molar-refractivity contribution is 4.79. The standard InChI is InChI=1S/C10H22N2.C9H20N2.C8H18N2.2CH4/c1-9(2)12-7-5-10(6-8-12)11(3)4;1-8(2)11-6-4-9(10-3)5-7-11;1-7(2)10-5-3-8(9)4-6-10;;/h9-10H,5-8H2,1-4H3;8-10H,4-7H2,1-3H3;7-8H,3-6,9H2,1-2H3;2*1H4. The van der Waals surface area contributed by atoms with Gasteiger partial charge in [0.15, 0.2) is 0 Å². The Hall–Kier alpha value is -0.240. The van der Waals surface area contributed by atoms with Gasteiger partial charge < -0.3 is 30.7 Å². The summed E-state index contributed by atoms with van der Waals surface area (Å²) >= 11 is 0. The Bertz CT molecular complexity index is 442. The van der Waals surface area contributed by atoms with Crippen LogP contribution in [0.3, 0.4) is 0 Å².